The average molecular weight is 443 g/mol. The van der Waals surface area contributed by atoms with Crippen LogP contribution in [0.2, 0.25) is 0 Å². The Labute approximate surface area is 177 Å². The van der Waals surface area contributed by atoms with Gasteiger partial charge in [0, 0.05) is 48.5 Å². The third-order valence-corrected chi connectivity index (χ3v) is 8.66. The molecule has 7 nitrogen and oxygen atoms in total. The van der Waals surface area contributed by atoms with Gasteiger partial charge in [-0.25, -0.2) is 17.7 Å². The first kappa shape index (κ1) is 23.8. The van der Waals surface area contributed by atoms with Gasteiger partial charge in [-0.3, -0.25) is 4.21 Å². The fourth-order valence-corrected chi connectivity index (χ4v) is 5.66. The van der Waals surface area contributed by atoms with Gasteiger partial charge < -0.3 is 10.6 Å². The molecule has 3 unspecified atom stereocenters. The van der Waals surface area contributed by atoms with E-state index in [4.69, 9.17) is 0 Å². The summed E-state index contributed by atoms with van der Waals surface area (Å²) in [6.07, 6.45) is 4.07. The second kappa shape index (κ2) is 11.1. The molecule has 29 heavy (non-hydrogen) atoms. The third kappa shape index (κ3) is 6.79. The molecule has 164 valence electrons. The van der Waals surface area contributed by atoms with Crippen LogP contribution in [0.5, 0.6) is 0 Å². The topological polar surface area (TPSA) is 90.9 Å². The van der Waals surface area contributed by atoms with E-state index in [9.17, 15) is 12.6 Å². The molecule has 1 saturated carbocycles. The molecule has 1 aromatic carbocycles. The molecule has 1 aromatic rings. The Bertz CT molecular complexity index is 808. The quantitative estimate of drug-likeness (QED) is 0.475. The first-order chi connectivity index (χ1) is 13.8. The predicted octanol–water partition coefficient (Wildman–Crippen LogP) is 2.07. The van der Waals surface area contributed by atoms with Crippen LogP contribution < -0.4 is 10.6 Å². The zero-order valence-corrected chi connectivity index (χ0v) is 19.5. The van der Waals surface area contributed by atoms with Crippen molar-refractivity contribution >= 4 is 26.8 Å². The maximum Gasteiger partial charge on any atom is 0.242 e. The summed E-state index contributed by atoms with van der Waals surface area (Å²) < 4.78 is 37.7. The van der Waals surface area contributed by atoms with Crippen molar-refractivity contribution in [3.63, 3.8) is 0 Å². The van der Waals surface area contributed by atoms with Crippen molar-refractivity contribution in [1.82, 2.24) is 14.9 Å². The van der Waals surface area contributed by atoms with Crippen molar-refractivity contribution in [3.05, 3.63) is 29.8 Å². The van der Waals surface area contributed by atoms with E-state index in [1.807, 2.05) is 13.8 Å². The first-order valence-corrected chi connectivity index (χ1v) is 13.0. The van der Waals surface area contributed by atoms with Gasteiger partial charge in [-0.15, -0.1) is 0 Å². The van der Waals surface area contributed by atoms with E-state index in [1.54, 1.807) is 24.3 Å². The highest BCUT2D eigenvalue weighted by Gasteiger charge is 2.26. The van der Waals surface area contributed by atoms with E-state index in [2.05, 4.69) is 15.6 Å². The normalized spacial score (nSPS) is 21.8. The van der Waals surface area contributed by atoms with Crippen LogP contribution in [0.4, 0.5) is 0 Å². The number of guanidine groups is 1. The third-order valence-electron chi connectivity index (χ3n) is 5.09. The lowest BCUT2D eigenvalue weighted by atomic mass is 9.95. The number of nitrogens with one attached hydrogen (secondary N) is 2. The summed E-state index contributed by atoms with van der Waals surface area (Å²) in [5.74, 6) is 1.45. The van der Waals surface area contributed by atoms with Crippen molar-refractivity contribution in [3.8, 4) is 0 Å². The molecule has 0 spiro atoms. The van der Waals surface area contributed by atoms with Crippen LogP contribution in [0.25, 0.3) is 0 Å². The van der Waals surface area contributed by atoms with Gasteiger partial charge in [-0.2, -0.15) is 0 Å². The van der Waals surface area contributed by atoms with Crippen LogP contribution in [0.3, 0.4) is 0 Å². The number of sulfonamides is 1. The molecule has 1 aliphatic rings. The van der Waals surface area contributed by atoms with Crippen LogP contribution >= 0.6 is 0 Å². The molecule has 9 heteroatoms. The lowest BCUT2D eigenvalue weighted by Gasteiger charge is -2.30. The highest BCUT2D eigenvalue weighted by Crippen LogP contribution is 2.23. The first-order valence-electron chi connectivity index (χ1n) is 10.2. The largest absolute Gasteiger partial charge is 0.357 e. The van der Waals surface area contributed by atoms with Gasteiger partial charge in [0.15, 0.2) is 5.96 Å². The minimum atomic E-state index is -3.42. The van der Waals surface area contributed by atoms with Crippen molar-refractivity contribution in [1.29, 1.82) is 0 Å². The van der Waals surface area contributed by atoms with E-state index >= 15 is 0 Å². The average Bonchev–Trinajstić information content (AvgIpc) is 2.72. The smallest absolute Gasteiger partial charge is 0.242 e. The van der Waals surface area contributed by atoms with Crippen LogP contribution in [0.15, 0.2) is 34.2 Å². The van der Waals surface area contributed by atoms with Gasteiger partial charge in [0.2, 0.25) is 10.0 Å². The summed E-state index contributed by atoms with van der Waals surface area (Å²) in [5, 5.41) is 7.02. The number of hydrogen-bond donors (Lipinski definition) is 2. The molecular weight excluding hydrogens is 408 g/mol. The minimum Gasteiger partial charge on any atom is -0.357 e. The van der Waals surface area contributed by atoms with Gasteiger partial charge in [0.25, 0.3) is 0 Å². The fraction of sp³-hybridized carbons (Fsp3) is 0.650. The molecule has 3 atom stereocenters. The Morgan fingerprint density at radius 1 is 1.21 bits per heavy atom. The van der Waals surface area contributed by atoms with Crippen LogP contribution in [0, 0.1) is 0 Å². The molecule has 1 fully saturated rings. The molecule has 0 bridgehead atoms. The molecule has 0 aliphatic heterocycles. The second-order valence-corrected chi connectivity index (χ2v) is 11.6. The van der Waals surface area contributed by atoms with Crippen molar-refractivity contribution in [2.24, 2.45) is 4.99 Å². The lowest BCUT2D eigenvalue weighted by Crippen LogP contribution is -2.46. The van der Waals surface area contributed by atoms with Gasteiger partial charge in [0.05, 0.1) is 11.4 Å². The van der Waals surface area contributed by atoms with Crippen molar-refractivity contribution < 1.29 is 12.6 Å². The summed E-state index contributed by atoms with van der Waals surface area (Å²) in [5.41, 5.74) is 0.938. The van der Waals surface area contributed by atoms with E-state index < -0.39 is 20.8 Å². The molecule has 0 aromatic heterocycles. The minimum absolute atomic E-state index is 0.264. The van der Waals surface area contributed by atoms with E-state index in [0.29, 0.717) is 12.3 Å². The lowest BCUT2D eigenvalue weighted by molar-refractivity contribution is 0.413. The van der Waals surface area contributed by atoms with Crippen LogP contribution in [-0.2, 0) is 27.4 Å². The number of rotatable bonds is 8. The Hall–Kier alpha value is -1.45. The molecule has 0 radical (unpaired) electrons. The standard InChI is InChI=1S/C20H34N4O3S2/c1-5-21-20(23-17-8-7-9-18(14-17)28(25)6-2)22-15-16-10-12-19(13-11-16)29(26,27)24(3)4/h10-13,17-18H,5-9,14-15H2,1-4H3,(H2,21,22,23). The predicted molar refractivity (Wildman–Crippen MR) is 120 cm³/mol. The van der Waals surface area contributed by atoms with Crippen LogP contribution in [-0.4, -0.2) is 60.6 Å². The molecular formula is C20H34N4O3S2. The highest BCUT2D eigenvalue weighted by molar-refractivity contribution is 7.89. The number of aliphatic imine (C=N–C) groups is 1. The van der Waals surface area contributed by atoms with Gasteiger partial charge in [0.1, 0.15) is 0 Å². The van der Waals surface area contributed by atoms with Crippen molar-refractivity contribution in [2.45, 2.75) is 62.3 Å². The molecule has 0 amide bonds. The summed E-state index contributed by atoms with van der Waals surface area (Å²) in [6.45, 7) is 5.21. The number of nitrogens with zero attached hydrogens (tertiary/aromatic N) is 2. The van der Waals surface area contributed by atoms with Gasteiger partial charge in [-0.05, 0) is 43.9 Å². The molecule has 0 heterocycles. The number of benzene rings is 1. The van der Waals surface area contributed by atoms with Crippen molar-refractivity contribution in [2.75, 3.05) is 26.4 Å². The molecule has 1 aliphatic carbocycles. The maximum absolute atomic E-state index is 12.2. The Morgan fingerprint density at radius 2 is 1.90 bits per heavy atom. The van der Waals surface area contributed by atoms with E-state index in [-0.39, 0.29) is 16.2 Å². The Morgan fingerprint density at radius 3 is 2.48 bits per heavy atom. The van der Waals surface area contributed by atoms with Gasteiger partial charge in [-0.1, -0.05) is 25.5 Å². The summed E-state index contributed by atoms with van der Waals surface area (Å²) >= 11 is 0. The number of hydrogen-bond acceptors (Lipinski definition) is 4. The Kier molecular flexibility index (Phi) is 9.10. The maximum atomic E-state index is 12.2. The molecule has 0 saturated heterocycles. The van der Waals surface area contributed by atoms with Crippen LogP contribution in [0.1, 0.15) is 45.1 Å². The summed E-state index contributed by atoms with van der Waals surface area (Å²) in [6, 6.07) is 7.10. The summed E-state index contributed by atoms with van der Waals surface area (Å²) in [4.78, 5) is 4.93. The SMILES string of the molecule is CCNC(=NCc1ccc(S(=O)(=O)N(C)C)cc1)NC1CCCC(S(=O)CC)C1. The van der Waals surface area contributed by atoms with E-state index in [1.165, 1.54) is 18.4 Å². The fourth-order valence-electron chi connectivity index (χ4n) is 3.41. The molecule has 2 rings (SSSR count). The van der Waals surface area contributed by atoms with E-state index in [0.717, 1.165) is 43.8 Å². The molecule has 2 N–H and O–H groups in total. The highest BCUT2D eigenvalue weighted by atomic mass is 32.2. The zero-order valence-electron chi connectivity index (χ0n) is 17.8. The monoisotopic (exact) mass is 442 g/mol. The summed E-state index contributed by atoms with van der Waals surface area (Å²) in [7, 11) is -1.13. The zero-order chi connectivity index (χ0) is 21.4. The van der Waals surface area contributed by atoms with Gasteiger partial charge >= 0.3 is 0 Å². The Balaban J connectivity index is 2.02. The second-order valence-electron chi connectivity index (χ2n) is 7.43.